The van der Waals surface area contributed by atoms with Crippen LogP contribution in [0.4, 0.5) is 0 Å². The van der Waals surface area contributed by atoms with E-state index in [-0.39, 0.29) is 5.84 Å². The van der Waals surface area contributed by atoms with Crippen molar-refractivity contribution in [1.29, 1.82) is 0 Å². The van der Waals surface area contributed by atoms with E-state index in [1.165, 1.54) is 0 Å². The molecule has 5 nitrogen and oxygen atoms in total. The summed E-state index contributed by atoms with van der Waals surface area (Å²) >= 11 is 0. The molecule has 0 spiro atoms. The lowest BCUT2D eigenvalue weighted by molar-refractivity contribution is 0.216. The molecule has 0 unspecified atom stereocenters. The molecule has 0 fully saturated rings. The van der Waals surface area contributed by atoms with Crippen LogP contribution in [-0.2, 0) is 0 Å². The largest absolute Gasteiger partial charge is 0.490 e. The summed E-state index contributed by atoms with van der Waals surface area (Å²) in [7, 11) is 0. The molecule has 0 aliphatic carbocycles. The molecule has 0 aliphatic heterocycles. The maximum absolute atomic E-state index is 8.69. The minimum atomic E-state index is 0.0559. The van der Waals surface area contributed by atoms with Crippen LogP contribution in [0.2, 0.25) is 0 Å². The van der Waals surface area contributed by atoms with Crippen LogP contribution in [0.1, 0.15) is 11.1 Å². The molecule has 2 aromatic carbocycles. The molecular formula is C16H18N2O3. The van der Waals surface area contributed by atoms with Crippen LogP contribution < -0.4 is 15.2 Å². The summed E-state index contributed by atoms with van der Waals surface area (Å²) in [5, 5.41) is 11.7. The smallest absolute Gasteiger partial charge is 0.170 e. The third-order valence-corrected chi connectivity index (χ3v) is 2.94. The van der Waals surface area contributed by atoms with Crippen LogP contribution in [0.5, 0.6) is 11.5 Å². The third-order valence-electron chi connectivity index (χ3n) is 2.94. The first-order valence-electron chi connectivity index (χ1n) is 6.60. The Hall–Kier alpha value is -2.69. The Kier molecular flexibility index (Phi) is 5.04. The lowest BCUT2D eigenvalue weighted by Crippen LogP contribution is -2.14. The molecule has 0 heterocycles. The first kappa shape index (κ1) is 14.7. The fraction of sp³-hybridized carbons (Fsp3) is 0.188. The second kappa shape index (κ2) is 7.19. The van der Waals surface area contributed by atoms with Crippen molar-refractivity contribution >= 4 is 5.84 Å². The minimum absolute atomic E-state index is 0.0559. The number of para-hydroxylation sites is 1. The predicted molar refractivity (Wildman–Crippen MR) is 81.1 cm³/mol. The number of aryl methyl sites for hydroxylation is 1. The Bertz CT molecular complexity index is 612. The van der Waals surface area contributed by atoms with Crippen molar-refractivity contribution < 1.29 is 14.7 Å². The molecule has 0 aliphatic rings. The van der Waals surface area contributed by atoms with Gasteiger partial charge in [0.25, 0.3) is 0 Å². The Labute approximate surface area is 123 Å². The molecule has 0 saturated heterocycles. The SMILES string of the molecule is Cc1ccc(/C(N)=N/O)cc1OCCOc1ccccc1. The Morgan fingerprint density at radius 3 is 2.52 bits per heavy atom. The van der Waals surface area contributed by atoms with Gasteiger partial charge in [-0.1, -0.05) is 35.5 Å². The number of nitrogens with zero attached hydrogens (tertiary/aromatic N) is 1. The second-order valence-corrected chi connectivity index (χ2v) is 4.48. The van der Waals surface area contributed by atoms with E-state index in [9.17, 15) is 0 Å². The van der Waals surface area contributed by atoms with Gasteiger partial charge in [0.05, 0.1) is 0 Å². The van der Waals surface area contributed by atoms with E-state index in [0.29, 0.717) is 24.5 Å². The number of amidine groups is 1. The fourth-order valence-corrected chi connectivity index (χ4v) is 1.80. The first-order valence-corrected chi connectivity index (χ1v) is 6.60. The summed E-state index contributed by atoms with van der Waals surface area (Å²) in [5.74, 6) is 1.55. The molecule has 21 heavy (non-hydrogen) atoms. The van der Waals surface area contributed by atoms with E-state index in [1.807, 2.05) is 43.3 Å². The van der Waals surface area contributed by atoms with Gasteiger partial charge >= 0.3 is 0 Å². The van der Waals surface area contributed by atoms with Crippen molar-refractivity contribution in [2.24, 2.45) is 10.9 Å². The Morgan fingerprint density at radius 2 is 1.81 bits per heavy atom. The van der Waals surface area contributed by atoms with Gasteiger partial charge in [0.2, 0.25) is 0 Å². The lowest BCUT2D eigenvalue weighted by Gasteiger charge is -2.11. The number of ether oxygens (including phenoxy) is 2. The number of oxime groups is 1. The highest BCUT2D eigenvalue weighted by atomic mass is 16.5. The number of nitrogens with two attached hydrogens (primary N) is 1. The van der Waals surface area contributed by atoms with Crippen LogP contribution in [0.25, 0.3) is 0 Å². The van der Waals surface area contributed by atoms with E-state index in [4.69, 9.17) is 20.4 Å². The molecule has 3 N–H and O–H groups in total. The van der Waals surface area contributed by atoms with E-state index in [1.54, 1.807) is 12.1 Å². The predicted octanol–water partition coefficient (Wildman–Crippen LogP) is 2.55. The van der Waals surface area contributed by atoms with E-state index in [0.717, 1.165) is 11.3 Å². The molecule has 0 amide bonds. The maximum atomic E-state index is 8.69. The van der Waals surface area contributed by atoms with Gasteiger partial charge in [0, 0.05) is 5.56 Å². The zero-order valence-electron chi connectivity index (χ0n) is 11.8. The molecule has 0 atom stereocenters. The first-order chi connectivity index (χ1) is 10.2. The summed E-state index contributed by atoms with van der Waals surface area (Å²) < 4.78 is 11.2. The highest BCUT2D eigenvalue weighted by Crippen LogP contribution is 2.19. The Morgan fingerprint density at radius 1 is 1.10 bits per heavy atom. The van der Waals surface area contributed by atoms with Crippen LogP contribution in [0, 0.1) is 6.92 Å². The molecule has 110 valence electrons. The van der Waals surface area contributed by atoms with Gasteiger partial charge in [0.15, 0.2) is 5.84 Å². The van der Waals surface area contributed by atoms with Gasteiger partial charge in [0.1, 0.15) is 24.7 Å². The second-order valence-electron chi connectivity index (χ2n) is 4.48. The number of benzene rings is 2. The molecule has 0 radical (unpaired) electrons. The molecule has 2 rings (SSSR count). The van der Waals surface area contributed by atoms with Crippen LogP contribution in [-0.4, -0.2) is 24.3 Å². The van der Waals surface area contributed by atoms with E-state index >= 15 is 0 Å². The van der Waals surface area contributed by atoms with Gasteiger partial charge in [-0.3, -0.25) is 0 Å². The minimum Gasteiger partial charge on any atom is -0.490 e. The molecular weight excluding hydrogens is 268 g/mol. The quantitative estimate of drug-likeness (QED) is 0.281. The Balaban J connectivity index is 1.91. The van der Waals surface area contributed by atoms with E-state index < -0.39 is 0 Å². The topological polar surface area (TPSA) is 77.1 Å². The zero-order chi connectivity index (χ0) is 15.1. The van der Waals surface area contributed by atoms with Crippen molar-refractivity contribution in [3.05, 3.63) is 59.7 Å². The molecule has 0 bridgehead atoms. The van der Waals surface area contributed by atoms with Crippen LogP contribution >= 0.6 is 0 Å². The molecule has 0 aromatic heterocycles. The molecule has 5 heteroatoms. The van der Waals surface area contributed by atoms with Gasteiger partial charge in [-0.2, -0.15) is 0 Å². The summed E-state index contributed by atoms with van der Waals surface area (Å²) in [6.45, 7) is 2.79. The van der Waals surface area contributed by atoms with Crippen LogP contribution in [0.15, 0.2) is 53.7 Å². The maximum Gasteiger partial charge on any atom is 0.170 e. The van der Waals surface area contributed by atoms with Crippen molar-refractivity contribution in [2.45, 2.75) is 6.92 Å². The standard InChI is InChI=1S/C16H18N2O3/c1-12-7-8-13(16(17)18-19)11-15(12)21-10-9-20-14-5-3-2-4-6-14/h2-8,11,19H,9-10H2,1H3,(H2,17,18). The molecule has 0 saturated carbocycles. The summed E-state index contributed by atoms with van der Waals surface area (Å²) in [6.07, 6.45) is 0. The highest BCUT2D eigenvalue weighted by molar-refractivity contribution is 5.97. The number of hydrogen-bond donors (Lipinski definition) is 2. The van der Waals surface area contributed by atoms with Crippen LogP contribution in [0.3, 0.4) is 0 Å². The summed E-state index contributed by atoms with van der Waals surface area (Å²) in [4.78, 5) is 0. The van der Waals surface area contributed by atoms with Gasteiger partial charge in [-0.15, -0.1) is 0 Å². The zero-order valence-corrected chi connectivity index (χ0v) is 11.8. The van der Waals surface area contributed by atoms with Gasteiger partial charge in [-0.25, -0.2) is 0 Å². The normalized spacial score (nSPS) is 11.2. The van der Waals surface area contributed by atoms with E-state index in [2.05, 4.69) is 5.16 Å². The lowest BCUT2D eigenvalue weighted by atomic mass is 10.1. The monoisotopic (exact) mass is 286 g/mol. The number of hydrogen-bond acceptors (Lipinski definition) is 4. The van der Waals surface area contributed by atoms with Crippen molar-refractivity contribution in [3.63, 3.8) is 0 Å². The third kappa shape index (κ3) is 4.14. The summed E-state index contributed by atoms with van der Waals surface area (Å²) in [5.41, 5.74) is 7.15. The highest BCUT2D eigenvalue weighted by Gasteiger charge is 2.05. The molecule has 2 aromatic rings. The van der Waals surface area contributed by atoms with Crippen molar-refractivity contribution in [2.75, 3.05) is 13.2 Å². The van der Waals surface area contributed by atoms with Gasteiger partial charge < -0.3 is 20.4 Å². The van der Waals surface area contributed by atoms with Gasteiger partial charge in [-0.05, 0) is 30.7 Å². The van der Waals surface area contributed by atoms with Crippen molar-refractivity contribution in [3.8, 4) is 11.5 Å². The average Bonchev–Trinajstić information content (AvgIpc) is 2.53. The fourth-order valence-electron chi connectivity index (χ4n) is 1.80. The summed E-state index contributed by atoms with van der Waals surface area (Å²) in [6, 6.07) is 14.9. The van der Waals surface area contributed by atoms with Crippen molar-refractivity contribution in [1.82, 2.24) is 0 Å². The average molecular weight is 286 g/mol. The number of rotatable bonds is 6.